The third kappa shape index (κ3) is 4.45. The molecule has 1 N–H and O–H groups in total. The number of ether oxygens (including phenoxy) is 2. The first-order valence-electron chi connectivity index (χ1n) is 9.36. The first-order chi connectivity index (χ1) is 14.5. The van der Waals surface area contributed by atoms with Crippen molar-refractivity contribution in [2.24, 2.45) is 5.41 Å². The van der Waals surface area contributed by atoms with E-state index in [1.54, 1.807) is 32.0 Å². The van der Waals surface area contributed by atoms with E-state index in [0.717, 1.165) is 11.8 Å². The van der Waals surface area contributed by atoms with E-state index in [0.29, 0.717) is 5.02 Å². The smallest absolute Gasteiger partial charge is 0.315 e. The number of carbonyl (C=O) groups is 2. The zero-order valence-electron chi connectivity index (χ0n) is 17.4. The summed E-state index contributed by atoms with van der Waals surface area (Å²) in [6.07, 6.45) is -0.0293. The molecule has 9 heteroatoms. The summed E-state index contributed by atoms with van der Waals surface area (Å²) in [4.78, 5) is 25.7. The normalized spacial score (nSPS) is 17.6. The molecule has 1 atom stereocenters. The molecule has 0 aliphatic carbocycles. The molecule has 7 nitrogen and oxygen atoms in total. The van der Waals surface area contributed by atoms with E-state index in [9.17, 15) is 18.0 Å². The van der Waals surface area contributed by atoms with Crippen molar-refractivity contribution in [3.05, 3.63) is 70.4 Å². The maximum atomic E-state index is 13.2. The van der Waals surface area contributed by atoms with Crippen molar-refractivity contribution >= 4 is 33.4 Å². The second-order valence-electron chi connectivity index (χ2n) is 7.71. The lowest BCUT2D eigenvalue weighted by molar-refractivity contribution is -0.154. The molecule has 0 spiro atoms. The van der Waals surface area contributed by atoms with Crippen LogP contribution in [0.3, 0.4) is 0 Å². The highest BCUT2D eigenvalue weighted by molar-refractivity contribution is 7.89. The fourth-order valence-corrected chi connectivity index (χ4v) is 4.31. The Morgan fingerprint density at radius 1 is 1.19 bits per heavy atom. The Balaban J connectivity index is 2.07. The molecule has 0 saturated carbocycles. The summed E-state index contributed by atoms with van der Waals surface area (Å²) in [5.41, 5.74) is -0.254. The van der Waals surface area contributed by atoms with Crippen LogP contribution in [0.2, 0.25) is 5.02 Å². The number of Topliss-reactive ketones (excluding diaryl/α,β-unsaturated/α-hetero) is 1. The van der Waals surface area contributed by atoms with Crippen molar-refractivity contribution in [2.75, 3.05) is 7.11 Å². The molecule has 1 heterocycles. The number of halogens is 1. The maximum Gasteiger partial charge on any atom is 0.315 e. The number of methoxy groups -OCH3 is 1. The fraction of sp³-hybridized carbons (Fsp3) is 0.273. The number of esters is 1. The predicted octanol–water partition coefficient (Wildman–Crippen LogP) is 3.65. The van der Waals surface area contributed by atoms with Gasteiger partial charge in [0.25, 0.3) is 10.0 Å². The molecule has 3 rings (SSSR count). The van der Waals surface area contributed by atoms with Crippen LogP contribution in [-0.4, -0.2) is 33.4 Å². The summed E-state index contributed by atoms with van der Waals surface area (Å²) in [7, 11) is -2.73. The molecule has 0 saturated heterocycles. The molecule has 0 amide bonds. The molecule has 164 valence electrons. The summed E-state index contributed by atoms with van der Waals surface area (Å²) in [5, 5.41) is 0.320. The lowest BCUT2D eigenvalue weighted by Crippen LogP contribution is -2.47. The molecule has 1 aliphatic rings. The first kappa shape index (κ1) is 22.8. The molecule has 0 bridgehead atoms. The van der Waals surface area contributed by atoms with Crippen LogP contribution in [0.25, 0.3) is 0 Å². The van der Waals surface area contributed by atoms with Crippen molar-refractivity contribution in [1.29, 1.82) is 0 Å². The Morgan fingerprint density at radius 3 is 2.45 bits per heavy atom. The van der Waals surface area contributed by atoms with Gasteiger partial charge in [0, 0.05) is 11.2 Å². The van der Waals surface area contributed by atoms with Crippen LogP contribution < -0.4 is 9.46 Å². The van der Waals surface area contributed by atoms with Crippen LogP contribution in [-0.2, 0) is 19.6 Å². The van der Waals surface area contributed by atoms with Crippen LogP contribution in [0, 0.1) is 12.3 Å². The van der Waals surface area contributed by atoms with Gasteiger partial charge in [-0.15, -0.1) is 0 Å². The highest BCUT2D eigenvalue weighted by Crippen LogP contribution is 2.39. The van der Waals surface area contributed by atoms with Gasteiger partial charge in [0.15, 0.2) is 5.78 Å². The average molecular weight is 464 g/mol. The Morgan fingerprint density at radius 2 is 1.84 bits per heavy atom. The lowest BCUT2D eigenvalue weighted by Gasteiger charge is -2.36. The topological polar surface area (TPSA) is 98.8 Å². The van der Waals surface area contributed by atoms with Crippen LogP contribution in [0.4, 0.5) is 0 Å². The van der Waals surface area contributed by atoms with Crippen LogP contribution in [0.15, 0.2) is 59.1 Å². The highest BCUT2D eigenvalue weighted by atomic mass is 35.5. The quantitative estimate of drug-likeness (QED) is 0.536. The van der Waals surface area contributed by atoms with Crippen molar-refractivity contribution in [2.45, 2.75) is 31.8 Å². The van der Waals surface area contributed by atoms with Gasteiger partial charge in [-0.05, 0) is 51.1 Å². The number of hydrogen-bond donors (Lipinski definition) is 1. The molecular formula is C22H22ClNO6S. The summed E-state index contributed by atoms with van der Waals surface area (Å²) in [5.74, 6) is -0.873. The van der Waals surface area contributed by atoms with Gasteiger partial charge in [0.2, 0.25) is 0 Å². The second kappa shape index (κ2) is 8.36. The Hall–Kier alpha value is -2.84. The van der Waals surface area contributed by atoms with E-state index in [4.69, 9.17) is 21.1 Å². The molecule has 2 aromatic carbocycles. The van der Waals surface area contributed by atoms with Crippen molar-refractivity contribution < 1.29 is 27.5 Å². The average Bonchev–Trinajstić information content (AvgIpc) is 2.72. The third-order valence-corrected chi connectivity index (χ3v) is 6.60. The number of nitrogens with one attached hydrogen (secondary N) is 1. The minimum Gasteiger partial charge on any atom is -0.484 e. The van der Waals surface area contributed by atoms with E-state index in [2.05, 4.69) is 4.72 Å². The van der Waals surface area contributed by atoms with Crippen molar-refractivity contribution in [3.8, 4) is 5.75 Å². The van der Waals surface area contributed by atoms with Gasteiger partial charge in [-0.25, -0.2) is 8.42 Å². The summed E-state index contributed by atoms with van der Waals surface area (Å²) < 4.78 is 38.6. The minimum atomic E-state index is -3.96. The van der Waals surface area contributed by atoms with Gasteiger partial charge in [-0.3, -0.25) is 14.3 Å². The third-order valence-electron chi connectivity index (χ3n) is 5.04. The van der Waals surface area contributed by atoms with Crippen LogP contribution >= 0.6 is 11.6 Å². The van der Waals surface area contributed by atoms with Crippen molar-refractivity contribution in [1.82, 2.24) is 4.72 Å². The number of fused-ring (bicyclic) bond motifs is 1. The molecule has 0 aromatic heterocycles. The molecule has 1 aliphatic heterocycles. The molecule has 0 radical (unpaired) electrons. The Bertz CT molecular complexity index is 1170. The van der Waals surface area contributed by atoms with Crippen LogP contribution in [0.5, 0.6) is 5.75 Å². The summed E-state index contributed by atoms with van der Waals surface area (Å²) in [6.45, 7) is 4.95. The second-order valence-corrected chi connectivity index (χ2v) is 9.87. The predicted molar refractivity (Wildman–Crippen MR) is 116 cm³/mol. The number of aryl methyl sites for hydroxylation is 1. The van der Waals surface area contributed by atoms with E-state index < -0.39 is 33.3 Å². The number of hydrogen-bond acceptors (Lipinski definition) is 6. The molecular weight excluding hydrogens is 442 g/mol. The summed E-state index contributed by atoms with van der Waals surface area (Å²) >= 11 is 6.02. The zero-order chi connectivity index (χ0) is 23.0. The number of sulfonamides is 1. The number of ketones is 1. The standard InChI is InChI=1S/C22H22ClNO6S/c1-13-5-8-15(9-6-13)31(27,28)24-12-17-19(25)16-11-14(23)7-10-18(16)30-20(17)22(2,3)21(26)29-4/h5-12,20,24H,1-4H3/b17-12+. The number of rotatable bonds is 5. The highest BCUT2D eigenvalue weighted by Gasteiger charge is 2.47. The van der Waals surface area contributed by atoms with Gasteiger partial charge < -0.3 is 9.47 Å². The monoisotopic (exact) mass is 463 g/mol. The van der Waals surface area contributed by atoms with Gasteiger partial charge in [0.05, 0.1) is 23.1 Å². The zero-order valence-corrected chi connectivity index (χ0v) is 19.0. The molecule has 2 aromatic rings. The van der Waals surface area contributed by atoms with Gasteiger partial charge in [-0.1, -0.05) is 29.3 Å². The minimum absolute atomic E-state index is 0.0337. The van der Waals surface area contributed by atoms with E-state index >= 15 is 0 Å². The lowest BCUT2D eigenvalue weighted by atomic mass is 9.78. The Kier molecular flexibility index (Phi) is 6.16. The first-order valence-corrected chi connectivity index (χ1v) is 11.2. The fourth-order valence-electron chi connectivity index (χ4n) is 3.22. The van der Waals surface area contributed by atoms with E-state index in [-0.39, 0.29) is 21.8 Å². The van der Waals surface area contributed by atoms with Gasteiger partial charge in [0.1, 0.15) is 17.3 Å². The van der Waals surface area contributed by atoms with Gasteiger partial charge in [-0.2, -0.15) is 0 Å². The van der Waals surface area contributed by atoms with E-state index in [1.807, 2.05) is 6.92 Å². The maximum absolute atomic E-state index is 13.2. The molecule has 31 heavy (non-hydrogen) atoms. The van der Waals surface area contributed by atoms with Crippen LogP contribution in [0.1, 0.15) is 29.8 Å². The molecule has 1 unspecified atom stereocenters. The van der Waals surface area contributed by atoms with Crippen molar-refractivity contribution in [3.63, 3.8) is 0 Å². The van der Waals surface area contributed by atoms with Gasteiger partial charge >= 0.3 is 5.97 Å². The number of carbonyl (C=O) groups excluding carboxylic acids is 2. The Labute approximate surface area is 186 Å². The SMILES string of the molecule is COC(=O)C(C)(C)C1Oc2ccc(Cl)cc2C(=O)/C1=C\NS(=O)(=O)c1ccc(C)cc1. The summed E-state index contributed by atoms with van der Waals surface area (Å²) in [6, 6.07) is 10.8. The largest absolute Gasteiger partial charge is 0.484 e. The number of benzene rings is 2. The molecule has 0 fully saturated rings. The van der Waals surface area contributed by atoms with E-state index in [1.165, 1.54) is 31.4 Å².